The zero-order valence-electron chi connectivity index (χ0n) is 13.3. The van der Waals surface area contributed by atoms with Gasteiger partial charge in [-0.25, -0.2) is 12.8 Å². The molecule has 0 atom stereocenters. The number of anilines is 1. The molecular formula is C19H12FNO4S. The van der Waals surface area contributed by atoms with E-state index < -0.39 is 20.7 Å². The second-order valence-electron chi connectivity index (χ2n) is 5.64. The summed E-state index contributed by atoms with van der Waals surface area (Å²) in [5.41, 5.74) is 0.306. The largest absolute Gasteiger partial charge is 0.456 e. The molecule has 7 heteroatoms. The van der Waals surface area contributed by atoms with E-state index in [0.717, 1.165) is 12.1 Å². The Morgan fingerprint density at radius 3 is 2.35 bits per heavy atom. The number of para-hydroxylation sites is 1. The Morgan fingerprint density at radius 1 is 0.846 bits per heavy atom. The average Bonchev–Trinajstić information content (AvgIpc) is 2.62. The zero-order chi connectivity index (χ0) is 18.3. The minimum Gasteiger partial charge on any atom is -0.456 e. The quantitative estimate of drug-likeness (QED) is 0.556. The van der Waals surface area contributed by atoms with Gasteiger partial charge in [0, 0.05) is 0 Å². The van der Waals surface area contributed by atoms with Crippen molar-refractivity contribution in [2.45, 2.75) is 4.90 Å². The summed E-state index contributed by atoms with van der Waals surface area (Å²) in [6.45, 7) is 0. The van der Waals surface area contributed by atoms with Crippen molar-refractivity contribution in [3.8, 4) is 0 Å². The summed E-state index contributed by atoms with van der Waals surface area (Å²) in [5, 5.41) is 0.420. The first kappa shape index (κ1) is 16.3. The minimum absolute atomic E-state index is 0.0326. The van der Waals surface area contributed by atoms with Crippen LogP contribution in [-0.2, 0) is 10.0 Å². The van der Waals surface area contributed by atoms with E-state index in [2.05, 4.69) is 4.72 Å². The molecule has 0 aliphatic rings. The first-order chi connectivity index (χ1) is 12.5. The molecule has 0 amide bonds. The van der Waals surface area contributed by atoms with Crippen molar-refractivity contribution in [3.63, 3.8) is 0 Å². The van der Waals surface area contributed by atoms with Crippen LogP contribution in [0.4, 0.5) is 10.1 Å². The van der Waals surface area contributed by atoms with Gasteiger partial charge in [0.05, 0.1) is 16.5 Å². The van der Waals surface area contributed by atoms with Crippen LogP contribution >= 0.6 is 0 Å². The molecule has 130 valence electrons. The first-order valence-corrected chi connectivity index (χ1v) is 9.17. The molecule has 1 aromatic heterocycles. The van der Waals surface area contributed by atoms with Crippen molar-refractivity contribution in [1.29, 1.82) is 0 Å². The highest BCUT2D eigenvalue weighted by Crippen LogP contribution is 2.27. The maximum Gasteiger partial charge on any atom is 0.264 e. The number of benzene rings is 3. The Hall–Kier alpha value is -3.19. The van der Waals surface area contributed by atoms with Gasteiger partial charge in [-0.2, -0.15) is 0 Å². The van der Waals surface area contributed by atoms with Gasteiger partial charge in [-0.15, -0.1) is 0 Å². The Balaban J connectivity index is 1.94. The summed E-state index contributed by atoms with van der Waals surface area (Å²) in [5.74, 6) is -0.877. The Bertz CT molecular complexity index is 1310. The fourth-order valence-corrected chi connectivity index (χ4v) is 3.95. The average molecular weight is 369 g/mol. The van der Waals surface area contributed by atoms with Gasteiger partial charge in [0.2, 0.25) is 5.43 Å². The zero-order valence-corrected chi connectivity index (χ0v) is 14.1. The third kappa shape index (κ3) is 2.62. The summed E-state index contributed by atoms with van der Waals surface area (Å²) in [6, 6.07) is 16.3. The predicted molar refractivity (Wildman–Crippen MR) is 97.2 cm³/mol. The Kier molecular flexibility index (Phi) is 3.73. The highest BCUT2D eigenvalue weighted by Gasteiger charge is 2.21. The van der Waals surface area contributed by atoms with Gasteiger partial charge in [-0.1, -0.05) is 30.3 Å². The van der Waals surface area contributed by atoms with Gasteiger partial charge in [0.15, 0.2) is 0 Å². The fraction of sp³-hybridized carbons (Fsp3) is 0. The highest BCUT2D eigenvalue weighted by molar-refractivity contribution is 7.92. The number of sulfonamides is 1. The van der Waals surface area contributed by atoms with Crippen molar-refractivity contribution in [2.75, 3.05) is 4.72 Å². The molecule has 5 nitrogen and oxygen atoms in total. The molecule has 1 N–H and O–H groups in total. The minimum atomic E-state index is -4.21. The van der Waals surface area contributed by atoms with Gasteiger partial charge in [-0.05, 0) is 36.4 Å². The lowest BCUT2D eigenvalue weighted by atomic mass is 10.1. The van der Waals surface area contributed by atoms with Crippen LogP contribution in [0.2, 0.25) is 0 Å². The number of nitrogens with one attached hydrogen (secondary N) is 1. The second-order valence-corrected chi connectivity index (χ2v) is 7.29. The maximum atomic E-state index is 13.9. The molecular weight excluding hydrogens is 357 g/mol. The monoisotopic (exact) mass is 369 g/mol. The van der Waals surface area contributed by atoms with Crippen molar-refractivity contribution >= 4 is 37.6 Å². The van der Waals surface area contributed by atoms with E-state index in [9.17, 15) is 17.6 Å². The summed E-state index contributed by atoms with van der Waals surface area (Å²) < 4.78 is 47.0. The number of hydrogen-bond donors (Lipinski definition) is 1. The maximum absolute atomic E-state index is 13.9. The van der Waals surface area contributed by atoms with Gasteiger partial charge >= 0.3 is 0 Å². The number of halogens is 1. The predicted octanol–water partition coefficient (Wildman–Crippen LogP) is 3.89. The number of fused-ring (bicyclic) bond motifs is 2. The van der Waals surface area contributed by atoms with E-state index >= 15 is 0 Å². The third-order valence-corrected chi connectivity index (χ3v) is 5.37. The van der Waals surface area contributed by atoms with Gasteiger partial charge in [0.25, 0.3) is 10.0 Å². The summed E-state index contributed by atoms with van der Waals surface area (Å²) in [7, 11) is -4.21. The molecule has 0 aliphatic heterocycles. The van der Waals surface area contributed by atoms with Gasteiger partial charge in [0.1, 0.15) is 21.9 Å². The van der Waals surface area contributed by atoms with Crippen LogP contribution in [0.15, 0.2) is 80.8 Å². The molecule has 0 saturated heterocycles. The lowest BCUT2D eigenvalue weighted by molar-refractivity contribution is 0.570. The van der Waals surface area contributed by atoms with E-state index in [0.29, 0.717) is 11.0 Å². The van der Waals surface area contributed by atoms with Crippen molar-refractivity contribution < 1.29 is 17.2 Å². The highest BCUT2D eigenvalue weighted by atomic mass is 32.2. The molecule has 0 aliphatic carbocycles. The van der Waals surface area contributed by atoms with Crippen molar-refractivity contribution in [2.24, 2.45) is 0 Å². The smallest absolute Gasteiger partial charge is 0.264 e. The van der Waals surface area contributed by atoms with Gasteiger partial charge < -0.3 is 4.42 Å². The molecule has 26 heavy (non-hydrogen) atoms. The summed E-state index contributed by atoms with van der Waals surface area (Å²) in [4.78, 5) is 12.3. The standard InChI is InChI=1S/C19H12FNO4S/c20-13-7-2-4-11-17(13)26(23,24)21-14-8-5-10-16-18(14)19(22)12-6-1-3-9-15(12)25-16/h1-11,21H. The van der Waals surface area contributed by atoms with Crippen molar-refractivity contribution in [3.05, 3.63) is 82.8 Å². The van der Waals surface area contributed by atoms with Crippen LogP contribution < -0.4 is 10.2 Å². The molecule has 4 rings (SSSR count). The molecule has 4 aromatic rings. The van der Waals surface area contributed by atoms with Crippen LogP contribution in [-0.4, -0.2) is 8.42 Å². The molecule has 0 fully saturated rings. The molecule has 0 radical (unpaired) electrons. The molecule has 1 heterocycles. The van der Waals surface area contributed by atoms with E-state index in [1.54, 1.807) is 36.4 Å². The lowest BCUT2D eigenvalue weighted by Crippen LogP contribution is -2.16. The molecule has 0 saturated carbocycles. The van der Waals surface area contributed by atoms with E-state index in [-0.39, 0.29) is 22.1 Å². The molecule has 0 unspecified atom stereocenters. The summed E-state index contributed by atoms with van der Waals surface area (Å²) >= 11 is 0. The normalized spacial score (nSPS) is 11.7. The van der Waals surface area contributed by atoms with E-state index in [4.69, 9.17) is 4.42 Å². The van der Waals surface area contributed by atoms with Crippen LogP contribution in [0.25, 0.3) is 21.9 Å². The van der Waals surface area contributed by atoms with Crippen LogP contribution in [0, 0.1) is 5.82 Å². The van der Waals surface area contributed by atoms with Crippen molar-refractivity contribution in [1.82, 2.24) is 0 Å². The van der Waals surface area contributed by atoms with Crippen LogP contribution in [0.3, 0.4) is 0 Å². The second kappa shape index (κ2) is 5.96. The number of hydrogen-bond acceptors (Lipinski definition) is 4. The lowest BCUT2D eigenvalue weighted by Gasteiger charge is -2.11. The van der Waals surface area contributed by atoms with Crippen LogP contribution in [0.1, 0.15) is 0 Å². The topological polar surface area (TPSA) is 76.4 Å². The molecule has 0 spiro atoms. The van der Waals surface area contributed by atoms with Crippen LogP contribution in [0.5, 0.6) is 0 Å². The van der Waals surface area contributed by atoms with E-state index in [1.807, 2.05) is 0 Å². The SMILES string of the molecule is O=c1c2ccccc2oc2cccc(NS(=O)(=O)c3ccccc3F)c12. The Morgan fingerprint density at radius 2 is 1.54 bits per heavy atom. The molecule has 3 aromatic carbocycles. The van der Waals surface area contributed by atoms with Gasteiger partial charge in [-0.3, -0.25) is 9.52 Å². The number of rotatable bonds is 3. The van der Waals surface area contributed by atoms with E-state index in [1.165, 1.54) is 18.2 Å². The summed E-state index contributed by atoms with van der Waals surface area (Å²) in [6.07, 6.45) is 0. The first-order valence-electron chi connectivity index (χ1n) is 7.69. The third-order valence-electron chi connectivity index (χ3n) is 3.98. The Labute approximate surface area is 147 Å². The fourth-order valence-electron chi connectivity index (χ4n) is 2.79. The molecule has 0 bridgehead atoms.